The van der Waals surface area contributed by atoms with E-state index >= 15 is 0 Å². The van der Waals surface area contributed by atoms with E-state index in [9.17, 15) is 9.18 Å². The van der Waals surface area contributed by atoms with E-state index in [1.807, 2.05) is 13.8 Å². The summed E-state index contributed by atoms with van der Waals surface area (Å²) in [7, 11) is 0. The minimum absolute atomic E-state index is 0.0790. The maximum Gasteiger partial charge on any atom is 0.242 e. The zero-order valence-electron chi connectivity index (χ0n) is 11.4. The van der Waals surface area contributed by atoms with Crippen molar-refractivity contribution in [2.45, 2.75) is 33.7 Å². The van der Waals surface area contributed by atoms with Crippen LogP contribution in [0.4, 0.5) is 10.1 Å². The second-order valence-corrected chi connectivity index (χ2v) is 4.97. The quantitative estimate of drug-likeness (QED) is 0.846. The Morgan fingerprint density at radius 2 is 2.00 bits per heavy atom. The predicted octanol–water partition coefficient (Wildman–Crippen LogP) is 2.71. The van der Waals surface area contributed by atoms with Gasteiger partial charge in [-0.1, -0.05) is 19.9 Å². The number of anilines is 1. The van der Waals surface area contributed by atoms with E-state index in [4.69, 9.17) is 0 Å². The molecule has 1 aromatic rings. The molecule has 4 heteroatoms. The smallest absolute Gasteiger partial charge is 0.242 e. The fourth-order valence-corrected chi connectivity index (χ4v) is 1.46. The zero-order valence-corrected chi connectivity index (χ0v) is 11.4. The molecule has 1 unspecified atom stereocenters. The number of amides is 1. The van der Waals surface area contributed by atoms with Gasteiger partial charge in [-0.15, -0.1) is 0 Å². The van der Waals surface area contributed by atoms with Gasteiger partial charge < -0.3 is 10.6 Å². The zero-order chi connectivity index (χ0) is 13.7. The molecule has 0 fully saturated rings. The normalized spacial score (nSPS) is 12.3. The maximum absolute atomic E-state index is 13.3. The third kappa shape index (κ3) is 4.35. The predicted molar refractivity (Wildman–Crippen MR) is 72.1 cm³/mol. The number of carbonyl (C=O) groups is 1. The third-order valence-electron chi connectivity index (χ3n) is 2.63. The number of carbonyl (C=O) groups excluding carboxylic acids is 1. The summed E-state index contributed by atoms with van der Waals surface area (Å²) >= 11 is 0. The monoisotopic (exact) mass is 252 g/mol. The molecule has 0 aliphatic rings. The van der Waals surface area contributed by atoms with E-state index in [1.54, 1.807) is 26.0 Å². The van der Waals surface area contributed by atoms with Crippen molar-refractivity contribution in [3.8, 4) is 0 Å². The van der Waals surface area contributed by atoms with E-state index in [1.165, 1.54) is 6.07 Å². The van der Waals surface area contributed by atoms with Gasteiger partial charge in [-0.3, -0.25) is 4.79 Å². The largest absolute Gasteiger partial charge is 0.374 e. The Morgan fingerprint density at radius 1 is 1.33 bits per heavy atom. The number of nitrogens with one attached hydrogen (secondary N) is 2. The molecule has 3 nitrogen and oxygen atoms in total. The minimum atomic E-state index is -0.383. The number of rotatable bonds is 5. The van der Waals surface area contributed by atoms with Crippen LogP contribution >= 0.6 is 0 Å². The Labute approximate surface area is 108 Å². The first-order valence-corrected chi connectivity index (χ1v) is 6.20. The molecule has 0 saturated heterocycles. The molecule has 1 aromatic carbocycles. The lowest BCUT2D eigenvalue weighted by Gasteiger charge is -2.16. The fraction of sp³-hybridized carbons (Fsp3) is 0.500. The molecule has 0 bridgehead atoms. The molecule has 18 heavy (non-hydrogen) atoms. The topological polar surface area (TPSA) is 41.1 Å². The maximum atomic E-state index is 13.3. The van der Waals surface area contributed by atoms with Crippen molar-refractivity contribution in [3.05, 3.63) is 29.6 Å². The number of hydrogen-bond acceptors (Lipinski definition) is 2. The van der Waals surface area contributed by atoms with Gasteiger partial charge in [-0.2, -0.15) is 0 Å². The van der Waals surface area contributed by atoms with Gasteiger partial charge >= 0.3 is 0 Å². The first-order chi connectivity index (χ1) is 8.40. The van der Waals surface area contributed by atoms with Crippen LogP contribution in [-0.2, 0) is 4.79 Å². The van der Waals surface area contributed by atoms with Crippen molar-refractivity contribution in [1.82, 2.24) is 5.32 Å². The summed E-state index contributed by atoms with van der Waals surface area (Å²) in [5.74, 6) is 0.0671. The number of halogens is 1. The van der Waals surface area contributed by atoms with Gasteiger partial charge in [0.05, 0.1) is 0 Å². The lowest BCUT2D eigenvalue weighted by molar-refractivity contribution is -0.121. The molecule has 2 N–H and O–H groups in total. The lowest BCUT2D eigenvalue weighted by Crippen LogP contribution is -2.39. The van der Waals surface area contributed by atoms with Crippen molar-refractivity contribution in [2.75, 3.05) is 11.9 Å². The third-order valence-corrected chi connectivity index (χ3v) is 2.63. The van der Waals surface area contributed by atoms with Crippen LogP contribution in [0.25, 0.3) is 0 Å². The molecule has 0 aliphatic carbocycles. The van der Waals surface area contributed by atoms with E-state index in [0.717, 1.165) is 0 Å². The SMILES string of the molecule is Cc1ccc(NC(C)C(=O)NCC(C)C)cc1F. The molecule has 1 atom stereocenters. The molecule has 0 heterocycles. The number of aryl methyl sites for hydroxylation is 1. The van der Waals surface area contributed by atoms with Crippen molar-refractivity contribution < 1.29 is 9.18 Å². The van der Waals surface area contributed by atoms with Gasteiger partial charge in [-0.05, 0) is 37.5 Å². The second-order valence-electron chi connectivity index (χ2n) is 4.97. The Balaban J connectivity index is 2.55. The van der Waals surface area contributed by atoms with Gasteiger partial charge in [-0.25, -0.2) is 4.39 Å². The van der Waals surface area contributed by atoms with Crippen LogP contribution in [0.1, 0.15) is 26.3 Å². The van der Waals surface area contributed by atoms with E-state index in [2.05, 4.69) is 10.6 Å². The molecular weight excluding hydrogens is 231 g/mol. The highest BCUT2D eigenvalue weighted by molar-refractivity contribution is 5.84. The Kier molecular flexibility index (Phi) is 5.13. The standard InChI is InChI=1S/C14H21FN2O/c1-9(2)8-16-14(18)11(4)17-12-6-5-10(3)13(15)7-12/h5-7,9,11,17H,8H2,1-4H3,(H,16,18). The number of hydrogen-bond donors (Lipinski definition) is 2. The summed E-state index contributed by atoms with van der Waals surface area (Å²) < 4.78 is 13.3. The van der Waals surface area contributed by atoms with E-state index in [-0.39, 0.29) is 17.8 Å². The van der Waals surface area contributed by atoms with Gasteiger partial charge in [0, 0.05) is 12.2 Å². The van der Waals surface area contributed by atoms with Crippen LogP contribution in [-0.4, -0.2) is 18.5 Å². The molecule has 0 saturated carbocycles. The van der Waals surface area contributed by atoms with E-state index < -0.39 is 0 Å². The van der Waals surface area contributed by atoms with Crippen LogP contribution < -0.4 is 10.6 Å². The van der Waals surface area contributed by atoms with Gasteiger partial charge in [0.25, 0.3) is 0 Å². The minimum Gasteiger partial charge on any atom is -0.374 e. The van der Waals surface area contributed by atoms with Gasteiger partial charge in [0.15, 0.2) is 0 Å². The van der Waals surface area contributed by atoms with Crippen molar-refractivity contribution in [3.63, 3.8) is 0 Å². The molecule has 0 aromatic heterocycles. The average molecular weight is 252 g/mol. The van der Waals surface area contributed by atoms with E-state index in [0.29, 0.717) is 23.7 Å². The molecule has 0 spiro atoms. The Bertz CT molecular complexity index is 418. The van der Waals surface area contributed by atoms with Crippen LogP contribution in [0, 0.1) is 18.7 Å². The van der Waals surface area contributed by atoms with Crippen LogP contribution in [0.3, 0.4) is 0 Å². The van der Waals surface area contributed by atoms with Crippen LogP contribution in [0.15, 0.2) is 18.2 Å². The summed E-state index contributed by atoms with van der Waals surface area (Å²) in [6.45, 7) is 8.18. The summed E-state index contributed by atoms with van der Waals surface area (Å²) in [4.78, 5) is 11.7. The van der Waals surface area contributed by atoms with Crippen LogP contribution in [0.5, 0.6) is 0 Å². The second kappa shape index (κ2) is 6.38. The van der Waals surface area contributed by atoms with Gasteiger partial charge in [0.2, 0.25) is 5.91 Å². The number of benzene rings is 1. The molecule has 0 aliphatic heterocycles. The highest BCUT2D eigenvalue weighted by Gasteiger charge is 2.12. The van der Waals surface area contributed by atoms with Crippen molar-refractivity contribution in [2.24, 2.45) is 5.92 Å². The summed E-state index contributed by atoms with van der Waals surface area (Å²) in [5, 5.41) is 5.81. The molecular formula is C14H21FN2O. The van der Waals surface area contributed by atoms with Crippen LogP contribution in [0.2, 0.25) is 0 Å². The first kappa shape index (κ1) is 14.5. The Hall–Kier alpha value is -1.58. The highest BCUT2D eigenvalue weighted by Crippen LogP contribution is 2.14. The average Bonchev–Trinajstić information content (AvgIpc) is 2.30. The molecule has 1 rings (SSSR count). The Morgan fingerprint density at radius 3 is 2.56 bits per heavy atom. The molecule has 0 radical (unpaired) electrons. The first-order valence-electron chi connectivity index (χ1n) is 6.20. The van der Waals surface area contributed by atoms with Gasteiger partial charge in [0.1, 0.15) is 11.9 Å². The summed E-state index contributed by atoms with van der Waals surface area (Å²) in [5.41, 5.74) is 1.21. The summed E-state index contributed by atoms with van der Waals surface area (Å²) in [6.07, 6.45) is 0. The summed E-state index contributed by atoms with van der Waals surface area (Å²) in [6, 6.07) is 4.48. The molecule has 100 valence electrons. The lowest BCUT2D eigenvalue weighted by atomic mass is 10.2. The fourth-order valence-electron chi connectivity index (χ4n) is 1.46. The molecule has 1 amide bonds. The van der Waals surface area contributed by atoms with Crippen molar-refractivity contribution >= 4 is 11.6 Å². The van der Waals surface area contributed by atoms with Crippen molar-refractivity contribution in [1.29, 1.82) is 0 Å². The highest BCUT2D eigenvalue weighted by atomic mass is 19.1.